The van der Waals surface area contributed by atoms with Crippen LogP contribution < -0.4 is 11.1 Å². The van der Waals surface area contributed by atoms with Crippen LogP contribution in [0.2, 0.25) is 0 Å². The van der Waals surface area contributed by atoms with Gasteiger partial charge in [-0.1, -0.05) is 5.16 Å². The standard InChI is InChI=1S/C10H9N7O2/c11-8-7(15-19-16-8)9-14-10(18-17-9)13-5-6-1-3-12-4-2-6/h1-4H,5H2,(H2,11,16)(H,13,14,17). The topological polar surface area (TPSA) is 129 Å². The van der Waals surface area contributed by atoms with Gasteiger partial charge in [0.05, 0.1) is 0 Å². The van der Waals surface area contributed by atoms with Crippen LogP contribution >= 0.6 is 0 Å². The molecular formula is C10H9N7O2. The predicted octanol–water partition coefficient (Wildman–Crippen LogP) is 0.709. The lowest BCUT2D eigenvalue weighted by Gasteiger charge is -1.99. The molecule has 96 valence electrons. The monoisotopic (exact) mass is 259 g/mol. The van der Waals surface area contributed by atoms with Crippen molar-refractivity contribution < 1.29 is 9.15 Å². The summed E-state index contributed by atoms with van der Waals surface area (Å²) in [4.78, 5) is 8.01. The fourth-order valence-electron chi connectivity index (χ4n) is 1.42. The molecule has 0 aliphatic rings. The first-order chi connectivity index (χ1) is 9.33. The van der Waals surface area contributed by atoms with Gasteiger partial charge in [0.25, 0.3) is 0 Å². The molecule has 3 N–H and O–H groups in total. The van der Waals surface area contributed by atoms with Gasteiger partial charge in [-0.2, -0.15) is 4.98 Å². The first kappa shape index (κ1) is 11.1. The van der Waals surface area contributed by atoms with Crippen LogP contribution in [0, 0.1) is 0 Å². The quantitative estimate of drug-likeness (QED) is 0.695. The van der Waals surface area contributed by atoms with E-state index in [1.54, 1.807) is 12.4 Å². The maximum absolute atomic E-state index is 5.53. The predicted molar refractivity (Wildman–Crippen MR) is 63.6 cm³/mol. The molecule has 0 fully saturated rings. The number of aromatic nitrogens is 5. The van der Waals surface area contributed by atoms with Gasteiger partial charge in [-0.05, 0) is 28.0 Å². The van der Waals surface area contributed by atoms with Crippen molar-refractivity contribution in [2.45, 2.75) is 6.54 Å². The van der Waals surface area contributed by atoms with Gasteiger partial charge in [-0.25, -0.2) is 4.63 Å². The molecule has 0 bridgehead atoms. The lowest BCUT2D eigenvalue weighted by Crippen LogP contribution is -1.99. The second-order valence-corrected chi connectivity index (χ2v) is 3.63. The van der Waals surface area contributed by atoms with Gasteiger partial charge in [-0.15, -0.1) is 0 Å². The van der Waals surface area contributed by atoms with Gasteiger partial charge in [0.2, 0.25) is 5.82 Å². The Labute approximate surface area is 106 Å². The highest BCUT2D eigenvalue weighted by molar-refractivity contribution is 5.62. The summed E-state index contributed by atoms with van der Waals surface area (Å²) in [6, 6.07) is 4.02. The summed E-state index contributed by atoms with van der Waals surface area (Å²) in [5.74, 6) is 0.331. The summed E-state index contributed by atoms with van der Waals surface area (Å²) in [5.41, 5.74) is 6.82. The summed E-state index contributed by atoms with van der Waals surface area (Å²) >= 11 is 0. The van der Waals surface area contributed by atoms with Crippen molar-refractivity contribution in [3.8, 4) is 11.5 Å². The van der Waals surface area contributed by atoms with Crippen LogP contribution in [0.15, 0.2) is 33.7 Å². The maximum atomic E-state index is 5.53. The van der Waals surface area contributed by atoms with Crippen LogP contribution in [0.25, 0.3) is 11.5 Å². The Morgan fingerprint density at radius 2 is 2.00 bits per heavy atom. The molecule has 3 aromatic rings. The fourth-order valence-corrected chi connectivity index (χ4v) is 1.42. The molecule has 0 unspecified atom stereocenters. The molecule has 9 heteroatoms. The number of anilines is 2. The maximum Gasteiger partial charge on any atom is 0.322 e. The van der Waals surface area contributed by atoms with Crippen LogP contribution in [-0.2, 0) is 6.54 Å². The van der Waals surface area contributed by atoms with Crippen LogP contribution in [0.3, 0.4) is 0 Å². The number of hydrogen-bond donors (Lipinski definition) is 2. The lowest BCUT2D eigenvalue weighted by atomic mass is 10.3. The molecule has 9 nitrogen and oxygen atoms in total. The van der Waals surface area contributed by atoms with E-state index in [9.17, 15) is 0 Å². The summed E-state index contributed by atoms with van der Waals surface area (Å²) < 4.78 is 9.48. The molecule has 0 aliphatic heterocycles. The minimum absolute atomic E-state index is 0.112. The van der Waals surface area contributed by atoms with Crippen molar-refractivity contribution in [2.24, 2.45) is 0 Å². The summed E-state index contributed by atoms with van der Waals surface area (Å²) in [5, 5.41) is 13.7. The van der Waals surface area contributed by atoms with E-state index in [1.165, 1.54) is 0 Å². The van der Waals surface area contributed by atoms with Crippen molar-refractivity contribution in [2.75, 3.05) is 11.1 Å². The second kappa shape index (κ2) is 4.72. The molecule has 0 spiro atoms. The first-order valence-electron chi connectivity index (χ1n) is 5.38. The van der Waals surface area contributed by atoms with Gasteiger partial charge in [0.1, 0.15) is 0 Å². The second-order valence-electron chi connectivity index (χ2n) is 3.63. The third-order valence-electron chi connectivity index (χ3n) is 2.34. The van der Waals surface area contributed by atoms with Crippen LogP contribution in [0.1, 0.15) is 5.56 Å². The Bertz CT molecular complexity index is 663. The molecule has 19 heavy (non-hydrogen) atoms. The largest absolute Gasteiger partial charge is 0.379 e. The average Bonchev–Trinajstić information content (AvgIpc) is 3.06. The van der Waals surface area contributed by atoms with Gasteiger partial charge in [-0.3, -0.25) is 4.98 Å². The Hall–Kier alpha value is -2.97. The lowest BCUT2D eigenvalue weighted by molar-refractivity contribution is 0.310. The Balaban J connectivity index is 1.71. The van der Waals surface area contributed by atoms with Gasteiger partial charge >= 0.3 is 6.01 Å². The Kier molecular flexibility index (Phi) is 2.77. The van der Waals surface area contributed by atoms with Crippen molar-refractivity contribution in [3.05, 3.63) is 30.1 Å². The highest BCUT2D eigenvalue weighted by Crippen LogP contribution is 2.19. The average molecular weight is 259 g/mol. The van der Waals surface area contributed by atoms with Crippen molar-refractivity contribution >= 4 is 11.8 Å². The zero-order chi connectivity index (χ0) is 13.1. The van der Waals surface area contributed by atoms with Crippen LogP contribution in [0.5, 0.6) is 0 Å². The molecule has 0 saturated heterocycles. The SMILES string of the molecule is Nc1nonc1-c1noc(NCc2ccncc2)n1. The van der Waals surface area contributed by atoms with E-state index in [2.05, 4.69) is 35.4 Å². The van der Waals surface area contributed by atoms with E-state index >= 15 is 0 Å². The van der Waals surface area contributed by atoms with E-state index < -0.39 is 0 Å². The van der Waals surface area contributed by atoms with Crippen molar-refractivity contribution in [1.82, 2.24) is 25.4 Å². The molecular weight excluding hydrogens is 250 g/mol. The third-order valence-corrected chi connectivity index (χ3v) is 2.34. The normalized spacial score (nSPS) is 10.5. The van der Waals surface area contributed by atoms with Gasteiger partial charge < -0.3 is 15.6 Å². The molecule has 3 aromatic heterocycles. The van der Waals surface area contributed by atoms with E-state index in [0.717, 1.165) is 5.56 Å². The summed E-state index contributed by atoms with van der Waals surface area (Å²) in [7, 11) is 0. The minimum Gasteiger partial charge on any atom is -0.379 e. The molecule has 0 amide bonds. The Morgan fingerprint density at radius 1 is 1.16 bits per heavy atom. The van der Waals surface area contributed by atoms with Crippen molar-refractivity contribution in [3.63, 3.8) is 0 Å². The number of pyridine rings is 1. The minimum atomic E-state index is 0.112. The number of nitrogens with two attached hydrogens (primary N) is 1. The van der Waals surface area contributed by atoms with Gasteiger partial charge in [0, 0.05) is 18.9 Å². The Morgan fingerprint density at radius 3 is 2.74 bits per heavy atom. The number of nitrogen functional groups attached to an aromatic ring is 1. The first-order valence-corrected chi connectivity index (χ1v) is 5.38. The fraction of sp³-hybridized carbons (Fsp3) is 0.100. The molecule has 3 heterocycles. The zero-order valence-corrected chi connectivity index (χ0v) is 9.65. The van der Waals surface area contributed by atoms with E-state index in [1.807, 2.05) is 12.1 Å². The molecule has 0 aromatic carbocycles. The molecule has 0 atom stereocenters. The van der Waals surface area contributed by atoms with E-state index in [4.69, 9.17) is 10.3 Å². The number of nitrogens with one attached hydrogen (secondary N) is 1. The van der Waals surface area contributed by atoms with Crippen LogP contribution in [-0.4, -0.2) is 25.4 Å². The van der Waals surface area contributed by atoms with E-state index in [0.29, 0.717) is 6.54 Å². The summed E-state index contributed by atoms with van der Waals surface area (Å²) in [6.45, 7) is 0.538. The highest BCUT2D eigenvalue weighted by atomic mass is 16.6. The zero-order valence-electron chi connectivity index (χ0n) is 9.65. The molecule has 0 radical (unpaired) electrons. The van der Waals surface area contributed by atoms with Crippen molar-refractivity contribution in [1.29, 1.82) is 0 Å². The number of nitrogens with zero attached hydrogens (tertiary/aromatic N) is 5. The van der Waals surface area contributed by atoms with E-state index in [-0.39, 0.29) is 23.4 Å². The summed E-state index contributed by atoms with van der Waals surface area (Å²) in [6.07, 6.45) is 3.41. The van der Waals surface area contributed by atoms with Crippen LogP contribution in [0.4, 0.5) is 11.8 Å². The molecule has 0 aliphatic carbocycles. The molecule has 0 saturated carbocycles. The smallest absolute Gasteiger partial charge is 0.322 e. The third kappa shape index (κ3) is 2.34. The highest BCUT2D eigenvalue weighted by Gasteiger charge is 2.16. The molecule has 3 rings (SSSR count). The number of hydrogen-bond acceptors (Lipinski definition) is 9. The van der Waals surface area contributed by atoms with Gasteiger partial charge in [0.15, 0.2) is 11.5 Å². The number of rotatable bonds is 4.